The van der Waals surface area contributed by atoms with Crippen molar-refractivity contribution in [3.05, 3.63) is 45.8 Å². The lowest BCUT2D eigenvalue weighted by Crippen LogP contribution is -2.38. The molecule has 3 N–H and O–H groups in total. The molecule has 0 saturated carbocycles. The molecule has 0 radical (unpaired) electrons. The third-order valence-electron chi connectivity index (χ3n) is 3.94. The number of hydrogen-bond acceptors (Lipinski definition) is 4. The van der Waals surface area contributed by atoms with Crippen LogP contribution in [0.4, 0.5) is 5.69 Å². The smallest absolute Gasteiger partial charge is 0.226 e. The number of carbonyl (C=O) groups excluding carboxylic acids is 1. The molecule has 1 aromatic carbocycles. The van der Waals surface area contributed by atoms with Crippen LogP contribution in [0.25, 0.3) is 0 Å². The van der Waals surface area contributed by atoms with E-state index in [1.165, 1.54) is 0 Å². The normalized spacial score (nSPS) is 11.1. The van der Waals surface area contributed by atoms with Gasteiger partial charge in [-0.2, -0.15) is 0 Å². The van der Waals surface area contributed by atoms with Crippen LogP contribution < -0.4 is 16.0 Å². The van der Waals surface area contributed by atoms with Crippen LogP contribution >= 0.6 is 39.9 Å². The Labute approximate surface area is 191 Å². The van der Waals surface area contributed by atoms with Crippen molar-refractivity contribution in [2.45, 2.75) is 39.7 Å². The molecule has 2 rings (SSSR count). The first-order chi connectivity index (χ1) is 12.9. The number of hydrogen-bond donors (Lipinski definition) is 3. The van der Waals surface area contributed by atoms with E-state index >= 15 is 0 Å². The lowest BCUT2D eigenvalue weighted by atomic mass is 10.1. The van der Waals surface area contributed by atoms with Gasteiger partial charge < -0.3 is 20.5 Å². The van der Waals surface area contributed by atoms with Crippen LogP contribution in [0.1, 0.15) is 43.2 Å². The van der Waals surface area contributed by atoms with Crippen molar-refractivity contribution in [1.29, 1.82) is 0 Å². The fraction of sp³-hybridized carbons (Fsp3) is 0.421. The molecule has 0 atom stereocenters. The van der Waals surface area contributed by atoms with E-state index in [2.05, 4.69) is 55.9 Å². The molecule has 2 aromatic rings. The molecule has 1 aromatic heterocycles. The number of nitrogens with one attached hydrogen (secondary N) is 3. The predicted molar refractivity (Wildman–Crippen MR) is 126 cm³/mol. The summed E-state index contributed by atoms with van der Waals surface area (Å²) in [4.78, 5) is 16.3. The van der Waals surface area contributed by atoms with Crippen LogP contribution in [0.5, 0.6) is 0 Å². The van der Waals surface area contributed by atoms with Gasteiger partial charge in [0.2, 0.25) is 5.91 Å². The van der Waals surface area contributed by atoms with E-state index in [1.807, 2.05) is 31.2 Å². The third-order valence-corrected chi connectivity index (χ3v) is 4.43. The molecular formula is C19H27BrIN5O2. The maximum atomic E-state index is 12.1. The number of aromatic nitrogens is 1. The van der Waals surface area contributed by atoms with Gasteiger partial charge in [0.05, 0.1) is 12.2 Å². The van der Waals surface area contributed by atoms with E-state index in [-0.39, 0.29) is 29.9 Å². The Kier molecular flexibility index (Phi) is 10.5. The van der Waals surface area contributed by atoms with Crippen LogP contribution in [0.2, 0.25) is 0 Å². The highest BCUT2D eigenvalue weighted by Crippen LogP contribution is 2.20. The van der Waals surface area contributed by atoms with E-state index in [9.17, 15) is 4.79 Å². The minimum atomic E-state index is -0.0593. The maximum absolute atomic E-state index is 12.1. The van der Waals surface area contributed by atoms with Crippen molar-refractivity contribution in [1.82, 2.24) is 15.8 Å². The maximum Gasteiger partial charge on any atom is 0.226 e. The first-order valence-electron chi connectivity index (χ1n) is 8.85. The van der Waals surface area contributed by atoms with E-state index in [0.717, 1.165) is 27.2 Å². The van der Waals surface area contributed by atoms with Crippen LogP contribution in [-0.4, -0.2) is 30.6 Å². The van der Waals surface area contributed by atoms with Crippen molar-refractivity contribution < 1.29 is 9.32 Å². The highest BCUT2D eigenvalue weighted by Gasteiger charge is 2.09. The lowest BCUT2D eigenvalue weighted by Gasteiger charge is -2.12. The molecule has 0 saturated heterocycles. The van der Waals surface area contributed by atoms with Crippen LogP contribution in [0.15, 0.2) is 38.3 Å². The van der Waals surface area contributed by atoms with Gasteiger partial charge in [-0.1, -0.05) is 41.0 Å². The number of aliphatic imine (C=N–C) groups is 1. The summed E-state index contributed by atoms with van der Waals surface area (Å²) in [7, 11) is 1.68. The molecule has 0 unspecified atom stereocenters. The summed E-state index contributed by atoms with van der Waals surface area (Å²) in [5.41, 5.74) is 2.75. The van der Waals surface area contributed by atoms with Gasteiger partial charge in [-0.25, -0.2) is 0 Å². The highest BCUT2D eigenvalue weighted by atomic mass is 127. The Hall–Kier alpha value is -1.62. The van der Waals surface area contributed by atoms with Crippen molar-refractivity contribution >= 4 is 57.5 Å². The fourth-order valence-electron chi connectivity index (χ4n) is 2.31. The molecule has 0 bridgehead atoms. The molecule has 7 nitrogen and oxygen atoms in total. The Morgan fingerprint density at radius 3 is 2.68 bits per heavy atom. The minimum absolute atomic E-state index is 0. The Balaban J connectivity index is 0.00000392. The summed E-state index contributed by atoms with van der Waals surface area (Å²) in [6, 6.07) is 7.72. The number of anilines is 1. The average Bonchev–Trinajstić information content (AvgIpc) is 3.10. The van der Waals surface area contributed by atoms with Crippen molar-refractivity contribution in [2.75, 3.05) is 18.9 Å². The van der Waals surface area contributed by atoms with Gasteiger partial charge in [0.25, 0.3) is 0 Å². The fourth-order valence-corrected chi connectivity index (χ4v) is 2.67. The van der Waals surface area contributed by atoms with Crippen LogP contribution in [-0.2, 0) is 11.3 Å². The minimum Gasteiger partial charge on any atom is -0.359 e. The van der Waals surface area contributed by atoms with E-state index in [0.29, 0.717) is 31.4 Å². The molecule has 0 aliphatic heterocycles. The van der Waals surface area contributed by atoms with Gasteiger partial charge in [0, 0.05) is 36.2 Å². The van der Waals surface area contributed by atoms with E-state index < -0.39 is 0 Å². The number of benzene rings is 1. The zero-order valence-corrected chi connectivity index (χ0v) is 20.4. The summed E-state index contributed by atoms with van der Waals surface area (Å²) >= 11 is 3.41. The van der Waals surface area contributed by atoms with E-state index in [4.69, 9.17) is 4.52 Å². The number of guanidine groups is 1. The molecule has 0 fully saturated rings. The number of aryl methyl sites for hydroxylation is 1. The summed E-state index contributed by atoms with van der Waals surface area (Å²) in [6.45, 7) is 7.03. The molecule has 9 heteroatoms. The topological polar surface area (TPSA) is 91.5 Å². The number of nitrogens with zero attached hydrogens (tertiary/aromatic N) is 2. The number of amides is 1. The first kappa shape index (κ1) is 24.4. The molecule has 1 amide bonds. The summed E-state index contributed by atoms with van der Waals surface area (Å²) in [5, 5.41) is 13.2. The zero-order valence-electron chi connectivity index (χ0n) is 16.5. The first-order valence-corrected chi connectivity index (χ1v) is 9.64. The largest absolute Gasteiger partial charge is 0.359 e. The van der Waals surface area contributed by atoms with Gasteiger partial charge in [0.15, 0.2) is 11.7 Å². The second-order valence-electron chi connectivity index (χ2n) is 6.48. The molecule has 0 spiro atoms. The standard InChI is InChI=1S/C19H26BrN5O2.HI/c1-12(2)16-10-15(27-25-16)11-23-19(21-4)22-8-7-18(26)24-17-9-14(20)6-5-13(17)3;/h5-6,9-10,12H,7-8,11H2,1-4H3,(H,24,26)(H2,21,22,23);1H. The average molecular weight is 564 g/mol. The summed E-state index contributed by atoms with van der Waals surface area (Å²) in [5.74, 6) is 1.61. The van der Waals surface area contributed by atoms with E-state index in [1.54, 1.807) is 7.05 Å². The van der Waals surface area contributed by atoms with Crippen LogP contribution in [0, 0.1) is 6.92 Å². The highest BCUT2D eigenvalue weighted by molar-refractivity contribution is 14.0. The molecule has 0 aliphatic carbocycles. The third kappa shape index (κ3) is 7.78. The second kappa shape index (κ2) is 12.1. The molecule has 154 valence electrons. The SMILES string of the molecule is CN=C(NCCC(=O)Nc1cc(Br)ccc1C)NCc1cc(C(C)C)no1.I. The van der Waals surface area contributed by atoms with Crippen molar-refractivity contribution in [3.8, 4) is 0 Å². The summed E-state index contributed by atoms with van der Waals surface area (Å²) < 4.78 is 6.22. The number of carbonyl (C=O) groups is 1. The van der Waals surface area contributed by atoms with Crippen LogP contribution in [0.3, 0.4) is 0 Å². The zero-order chi connectivity index (χ0) is 19.8. The lowest BCUT2D eigenvalue weighted by molar-refractivity contribution is -0.116. The Morgan fingerprint density at radius 2 is 2.04 bits per heavy atom. The van der Waals surface area contributed by atoms with Gasteiger partial charge in [-0.05, 0) is 30.5 Å². The molecular weight excluding hydrogens is 537 g/mol. The molecule has 28 heavy (non-hydrogen) atoms. The molecule has 0 aliphatic rings. The second-order valence-corrected chi connectivity index (χ2v) is 7.40. The van der Waals surface area contributed by atoms with Gasteiger partial charge in [0.1, 0.15) is 0 Å². The monoisotopic (exact) mass is 563 g/mol. The molecule has 1 heterocycles. The number of rotatable bonds is 7. The predicted octanol–water partition coefficient (Wildman–Crippen LogP) is 4.18. The van der Waals surface area contributed by atoms with Gasteiger partial charge >= 0.3 is 0 Å². The quantitative estimate of drug-likeness (QED) is 0.267. The van der Waals surface area contributed by atoms with Crippen molar-refractivity contribution in [3.63, 3.8) is 0 Å². The Morgan fingerprint density at radius 1 is 1.29 bits per heavy atom. The van der Waals surface area contributed by atoms with Crippen molar-refractivity contribution in [2.24, 2.45) is 4.99 Å². The number of halogens is 2. The summed E-state index contributed by atoms with van der Waals surface area (Å²) in [6.07, 6.45) is 0.326. The Bertz CT molecular complexity index is 807. The van der Waals surface area contributed by atoms with Gasteiger partial charge in [-0.15, -0.1) is 24.0 Å². The van der Waals surface area contributed by atoms with Gasteiger partial charge in [-0.3, -0.25) is 9.79 Å².